The van der Waals surface area contributed by atoms with Crippen LogP contribution in [-0.2, 0) is 0 Å². The summed E-state index contributed by atoms with van der Waals surface area (Å²) in [5.74, 6) is 0.252. The van der Waals surface area contributed by atoms with Gasteiger partial charge in [0.1, 0.15) is 11.5 Å². The predicted molar refractivity (Wildman–Crippen MR) is 76.4 cm³/mol. The summed E-state index contributed by atoms with van der Waals surface area (Å²) in [5.41, 5.74) is 0.837. The third-order valence-electron chi connectivity index (χ3n) is 4.17. The lowest BCUT2D eigenvalue weighted by atomic mass is 9.97. The number of phenols is 2. The molecule has 0 bridgehead atoms. The van der Waals surface area contributed by atoms with Crippen LogP contribution >= 0.6 is 0 Å². The highest BCUT2D eigenvalue weighted by molar-refractivity contribution is 5.40. The molecule has 0 saturated carbocycles. The molecule has 2 rings (SSSR count). The minimum absolute atomic E-state index is 0.0845. The molecule has 0 spiro atoms. The van der Waals surface area contributed by atoms with Crippen LogP contribution in [0.15, 0.2) is 18.2 Å². The molecule has 0 radical (unpaired) electrons. The number of piperidine rings is 1. The number of aromatic hydroxyl groups is 2. The Balaban J connectivity index is 1.99. The first-order valence-corrected chi connectivity index (χ1v) is 6.95. The number of likely N-dealkylation sites (tertiary alicyclic amines) is 1. The van der Waals surface area contributed by atoms with Gasteiger partial charge in [-0.1, -0.05) is 6.07 Å². The summed E-state index contributed by atoms with van der Waals surface area (Å²) in [6.07, 6.45) is 2.25. The van der Waals surface area contributed by atoms with Crippen molar-refractivity contribution in [3.8, 4) is 11.5 Å². The minimum Gasteiger partial charge on any atom is -0.508 e. The monoisotopic (exact) mass is 264 g/mol. The molecule has 3 unspecified atom stereocenters. The maximum atomic E-state index is 9.88. The Kier molecular flexibility index (Phi) is 4.32. The van der Waals surface area contributed by atoms with Crippen LogP contribution in [0.5, 0.6) is 11.5 Å². The Morgan fingerprint density at radius 2 is 2.11 bits per heavy atom. The quantitative estimate of drug-likeness (QED) is 0.783. The lowest BCUT2D eigenvalue weighted by Crippen LogP contribution is -2.46. The lowest BCUT2D eigenvalue weighted by Gasteiger charge is -2.36. The second-order valence-electron chi connectivity index (χ2n) is 5.68. The van der Waals surface area contributed by atoms with Gasteiger partial charge in [0.2, 0.25) is 0 Å². The van der Waals surface area contributed by atoms with Crippen LogP contribution in [0.1, 0.15) is 38.3 Å². The van der Waals surface area contributed by atoms with Crippen molar-refractivity contribution in [3.05, 3.63) is 23.8 Å². The highest BCUT2D eigenvalue weighted by atomic mass is 16.3. The van der Waals surface area contributed by atoms with E-state index in [1.54, 1.807) is 12.1 Å². The van der Waals surface area contributed by atoms with Crippen LogP contribution in [0.4, 0.5) is 0 Å². The molecule has 106 valence electrons. The molecule has 4 heteroatoms. The second kappa shape index (κ2) is 5.80. The van der Waals surface area contributed by atoms with Gasteiger partial charge >= 0.3 is 0 Å². The summed E-state index contributed by atoms with van der Waals surface area (Å²) in [6, 6.07) is 5.94. The first kappa shape index (κ1) is 14.2. The van der Waals surface area contributed by atoms with Gasteiger partial charge < -0.3 is 20.4 Å². The molecule has 0 aliphatic carbocycles. The smallest absolute Gasteiger partial charge is 0.124 e. The van der Waals surface area contributed by atoms with Crippen LogP contribution < -0.4 is 5.32 Å². The van der Waals surface area contributed by atoms with E-state index in [1.165, 1.54) is 6.07 Å². The maximum absolute atomic E-state index is 9.88. The summed E-state index contributed by atoms with van der Waals surface area (Å²) in [7, 11) is 2.16. The summed E-state index contributed by atoms with van der Waals surface area (Å²) in [4.78, 5) is 2.38. The molecule has 1 aromatic rings. The topological polar surface area (TPSA) is 55.7 Å². The Hall–Kier alpha value is -1.26. The van der Waals surface area contributed by atoms with Crippen LogP contribution in [0, 0.1) is 0 Å². The Morgan fingerprint density at radius 1 is 1.37 bits per heavy atom. The van der Waals surface area contributed by atoms with Gasteiger partial charge in [0.05, 0.1) is 0 Å². The van der Waals surface area contributed by atoms with Crippen molar-refractivity contribution in [2.75, 3.05) is 13.6 Å². The third-order valence-corrected chi connectivity index (χ3v) is 4.17. The largest absolute Gasteiger partial charge is 0.508 e. The van der Waals surface area contributed by atoms with E-state index in [0.717, 1.165) is 24.9 Å². The van der Waals surface area contributed by atoms with Crippen molar-refractivity contribution in [2.24, 2.45) is 0 Å². The molecule has 19 heavy (non-hydrogen) atoms. The van der Waals surface area contributed by atoms with Gasteiger partial charge in [-0.2, -0.15) is 0 Å². The molecular formula is C15H24N2O2. The number of hydrogen-bond donors (Lipinski definition) is 3. The molecule has 1 aliphatic rings. The molecule has 1 saturated heterocycles. The van der Waals surface area contributed by atoms with Gasteiger partial charge in [0, 0.05) is 29.8 Å². The predicted octanol–water partition coefficient (Wildman–Crippen LogP) is 2.23. The van der Waals surface area contributed by atoms with E-state index < -0.39 is 0 Å². The van der Waals surface area contributed by atoms with Crippen molar-refractivity contribution in [2.45, 2.75) is 44.8 Å². The number of nitrogens with zero attached hydrogens (tertiary/aromatic N) is 1. The standard InChI is InChI=1S/C15H24N2O2/c1-10-8-12(6-7-17(10)3)16-11(2)14-5-4-13(18)9-15(14)19/h4-5,9-12,16,18-19H,6-8H2,1-3H3. The van der Waals surface area contributed by atoms with Gasteiger partial charge in [-0.15, -0.1) is 0 Å². The normalized spacial score (nSPS) is 26.3. The Labute approximate surface area is 115 Å². The van der Waals surface area contributed by atoms with Gasteiger partial charge in [-0.05, 0) is 46.3 Å². The van der Waals surface area contributed by atoms with Crippen molar-refractivity contribution in [1.29, 1.82) is 0 Å². The zero-order chi connectivity index (χ0) is 14.0. The summed E-state index contributed by atoms with van der Waals surface area (Å²) < 4.78 is 0. The SMILES string of the molecule is CC(NC1CCN(C)C(C)C1)c1ccc(O)cc1O. The van der Waals surface area contributed by atoms with E-state index in [-0.39, 0.29) is 17.5 Å². The zero-order valence-electron chi connectivity index (χ0n) is 11.9. The van der Waals surface area contributed by atoms with E-state index in [4.69, 9.17) is 0 Å². The highest BCUT2D eigenvalue weighted by Gasteiger charge is 2.24. The molecule has 3 N–H and O–H groups in total. The average molecular weight is 264 g/mol. The Bertz CT molecular complexity index is 436. The second-order valence-corrected chi connectivity index (χ2v) is 5.68. The van der Waals surface area contributed by atoms with E-state index in [0.29, 0.717) is 12.1 Å². The molecule has 0 aromatic heterocycles. The van der Waals surface area contributed by atoms with Gasteiger partial charge in [0.15, 0.2) is 0 Å². The third kappa shape index (κ3) is 3.39. The van der Waals surface area contributed by atoms with Crippen LogP contribution in [0.3, 0.4) is 0 Å². The number of rotatable bonds is 3. The van der Waals surface area contributed by atoms with Gasteiger partial charge in [-0.3, -0.25) is 0 Å². The molecule has 0 amide bonds. The number of hydrogen-bond acceptors (Lipinski definition) is 4. The first-order chi connectivity index (χ1) is 8.97. The van der Waals surface area contributed by atoms with Crippen LogP contribution in [0.2, 0.25) is 0 Å². The number of benzene rings is 1. The van der Waals surface area contributed by atoms with Crippen molar-refractivity contribution in [3.63, 3.8) is 0 Å². The van der Waals surface area contributed by atoms with E-state index in [2.05, 4.69) is 31.1 Å². The number of phenolic OH excluding ortho intramolecular Hbond substituents is 2. The summed E-state index contributed by atoms with van der Waals surface area (Å²) in [6.45, 7) is 5.40. The van der Waals surface area contributed by atoms with Gasteiger partial charge in [-0.25, -0.2) is 0 Å². The lowest BCUT2D eigenvalue weighted by molar-refractivity contribution is 0.163. The molecule has 1 fully saturated rings. The first-order valence-electron chi connectivity index (χ1n) is 6.95. The fourth-order valence-corrected chi connectivity index (χ4v) is 2.78. The average Bonchev–Trinajstić information content (AvgIpc) is 2.33. The van der Waals surface area contributed by atoms with Crippen molar-refractivity contribution < 1.29 is 10.2 Å². The minimum atomic E-state index is 0.0845. The highest BCUT2D eigenvalue weighted by Crippen LogP contribution is 2.29. The number of nitrogens with one attached hydrogen (secondary N) is 1. The fraction of sp³-hybridized carbons (Fsp3) is 0.600. The molecule has 1 aromatic carbocycles. The van der Waals surface area contributed by atoms with E-state index >= 15 is 0 Å². The van der Waals surface area contributed by atoms with Crippen LogP contribution in [0.25, 0.3) is 0 Å². The summed E-state index contributed by atoms with van der Waals surface area (Å²) >= 11 is 0. The molecule has 4 nitrogen and oxygen atoms in total. The van der Waals surface area contributed by atoms with E-state index in [9.17, 15) is 10.2 Å². The fourth-order valence-electron chi connectivity index (χ4n) is 2.78. The molecule has 1 aliphatic heterocycles. The van der Waals surface area contributed by atoms with Gasteiger partial charge in [0.25, 0.3) is 0 Å². The molecule has 1 heterocycles. The molecule has 3 atom stereocenters. The van der Waals surface area contributed by atoms with Crippen molar-refractivity contribution >= 4 is 0 Å². The van der Waals surface area contributed by atoms with Crippen molar-refractivity contribution in [1.82, 2.24) is 10.2 Å². The Morgan fingerprint density at radius 3 is 2.74 bits per heavy atom. The molecular weight excluding hydrogens is 240 g/mol. The van der Waals surface area contributed by atoms with Crippen LogP contribution in [-0.4, -0.2) is 40.8 Å². The van der Waals surface area contributed by atoms with E-state index in [1.807, 2.05) is 0 Å². The summed E-state index contributed by atoms with van der Waals surface area (Å²) in [5, 5.41) is 22.8. The maximum Gasteiger partial charge on any atom is 0.124 e. The zero-order valence-corrected chi connectivity index (χ0v) is 11.9.